The summed E-state index contributed by atoms with van der Waals surface area (Å²) in [6.45, 7) is 4.10. The van der Waals surface area contributed by atoms with Gasteiger partial charge in [0.25, 0.3) is 0 Å². The second-order valence-corrected chi connectivity index (χ2v) is 5.18. The van der Waals surface area contributed by atoms with Crippen LogP contribution in [0.4, 0.5) is 5.82 Å². The first-order valence-electron chi connectivity index (χ1n) is 6.23. The predicted molar refractivity (Wildman–Crippen MR) is 76.5 cm³/mol. The monoisotopic (exact) mass is 261 g/mol. The fraction of sp³-hybridized carbons (Fsp3) is 0.357. The van der Waals surface area contributed by atoms with Crippen molar-refractivity contribution in [2.24, 2.45) is 0 Å². The van der Waals surface area contributed by atoms with Gasteiger partial charge in [0.1, 0.15) is 5.82 Å². The van der Waals surface area contributed by atoms with Gasteiger partial charge in [-0.2, -0.15) is 0 Å². The molecule has 0 bridgehead atoms. The smallest absolute Gasteiger partial charge is 0.148 e. The number of rotatable bonds is 1. The predicted octanol–water partition coefficient (Wildman–Crippen LogP) is 2.64. The molecule has 94 valence electrons. The lowest BCUT2D eigenvalue weighted by atomic mass is 10.2. The number of likely N-dealkylation sites (N-methyl/N-ethyl adjacent to an activating group) is 1. The molecule has 1 aliphatic heterocycles. The number of nitrogens with zero attached hydrogens (tertiary/aromatic N) is 3. The molecule has 0 saturated carbocycles. The molecule has 1 aromatic carbocycles. The highest BCUT2D eigenvalue weighted by atomic mass is 35.5. The highest BCUT2D eigenvalue weighted by Crippen LogP contribution is 2.28. The molecule has 3 nitrogen and oxygen atoms in total. The molecule has 18 heavy (non-hydrogen) atoms. The number of anilines is 1. The number of piperazine rings is 1. The lowest BCUT2D eigenvalue weighted by Gasteiger charge is -2.33. The van der Waals surface area contributed by atoms with Crippen LogP contribution in [0.3, 0.4) is 0 Å². The van der Waals surface area contributed by atoms with Crippen LogP contribution >= 0.6 is 11.6 Å². The normalized spacial score (nSPS) is 17.3. The third kappa shape index (κ3) is 2.16. The summed E-state index contributed by atoms with van der Waals surface area (Å²) in [5, 5.41) is 1.85. The van der Waals surface area contributed by atoms with Crippen molar-refractivity contribution in [2.75, 3.05) is 38.1 Å². The molecule has 0 atom stereocenters. The van der Waals surface area contributed by atoms with Gasteiger partial charge in [-0.1, -0.05) is 29.8 Å². The molecule has 1 aliphatic rings. The third-order valence-electron chi connectivity index (χ3n) is 3.46. The summed E-state index contributed by atoms with van der Waals surface area (Å²) in [4.78, 5) is 9.30. The number of benzene rings is 1. The summed E-state index contributed by atoms with van der Waals surface area (Å²) < 4.78 is 0. The van der Waals surface area contributed by atoms with Crippen molar-refractivity contribution in [1.82, 2.24) is 9.88 Å². The minimum absolute atomic E-state index is 0.748. The van der Waals surface area contributed by atoms with Crippen LogP contribution in [-0.2, 0) is 0 Å². The summed E-state index contributed by atoms with van der Waals surface area (Å²) in [6.07, 6.45) is 0. The van der Waals surface area contributed by atoms with E-state index in [2.05, 4.69) is 16.8 Å². The van der Waals surface area contributed by atoms with E-state index in [1.54, 1.807) is 0 Å². The number of fused-ring (bicyclic) bond motifs is 1. The maximum Gasteiger partial charge on any atom is 0.148 e. The van der Waals surface area contributed by atoms with Gasteiger partial charge in [-0.3, -0.25) is 0 Å². The zero-order valence-corrected chi connectivity index (χ0v) is 11.2. The van der Waals surface area contributed by atoms with E-state index in [0.717, 1.165) is 47.9 Å². The standard InChI is InChI=1S/C14H16ClN3/c1-17-6-8-18(9-7-17)14-12(15)10-11-4-2-3-5-13(11)16-14/h2-5,10H,6-9H2,1H3. The van der Waals surface area contributed by atoms with Crippen LogP contribution in [0.2, 0.25) is 5.02 Å². The average Bonchev–Trinajstić information content (AvgIpc) is 2.39. The number of pyridine rings is 1. The fourth-order valence-electron chi connectivity index (χ4n) is 2.32. The van der Waals surface area contributed by atoms with E-state index in [4.69, 9.17) is 16.6 Å². The summed E-state index contributed by atoms with van der Waals surface area (Å²) in [5.41, 5.74) is 1.01. The molecule has 3 rings (SSSR count). The molecule has 4 heteroatoms. The largest absolute Gasteiger partial charge is 0.353 e. The van der Waals surface area contributed by atoms with E-state index < -0.39 is 0 Å². The number of para-hydroxylation sites is 1. The van der Waals surface area contributed by atoms with Crippen LogP contribution in [0.25, 0.3) is 10.9 Å². The molecule has 0 N–H and O–H groups in total. The molecular weight excluding hydrogens is 246 g/mol. The highest BCUT2D eigenvalue weighted by molar-refractivity contribution is 6.33. The number of hydrogen-bond donors (Lipinski definition) is 0. The van der Waals surface area contributed by atoms with Gasteiger partial charge in [0.2, 0.25) is 0 Å². The fourth-order valence-corrected chi connectivity index (χ4v) is 2.60. The zero-order chi connectivity index (χ0) is 12.5. The highest BCUT2D eigenvalue weighted by Gasteiger charge is 2.18. The Morgan fingerprint density at radius 1 is 1.11 bits per heavy atom. The van der Waals surface area contributed by atoms with E-state index in [9.17, 15) is 0 Å². The number of hydrogen-bond acceptors (Lipinski definition) is 3. The van der Waals surface area contributed by atoms with Gasteiger partial charge in [0, 0.05) is 31.6 Å². The van der Waals surface area contributed by atoms with Crippen LogP contribution in [0.1, 0.15) is 0 Å². The molecule has 0 amide bonds. The molecule has 2 aromatic rings. The van der Waals surface area contributed by atoms with Crippen molar-refractivity contribution < 1.29 is 0 Å². The lowest BCUT2D eigenvalue weighted by Crippen LogP contribution is -2.44. The Labute approximate surface area is 112 Å². The lowest BCUT2D eigenvalue weighted by molar-refractivity contribution is 0.312. The molecule has 2 heterocycles. The minimum atomic E-state index is 0.748. The summed E-state index contributed by atoms with van der Waals surface area (Å²) in [7, 11) is 2.15. The van der Waals surface area contributed by atoms with Crippen molar-refractivity contribution in [3.05, 3.63) is 35.4 Å². The Kier molecular flexibility index (Phi) is 3.10. The Hall–Kier alpha value is -1.32. The van der Waals surface area contributed by atoms with Gasteiger partial charge in [-0.05, 0) is 19.2 Å². The van der Waals surface area contributed by atoms with Crippen LogP contribution in [0.5, 0.6) is 0 Å². The molecule has 0 unspecified atom stereocenters. The van der Waals surface area contributed by atoms with Crippen LogP contribution < -0.4 is 4.90 Å². The summed E-state index contributed by atoms with van der Waals surface area (Å²) in [6, 6.07) is 10.1. The molecule has 0 aliphatic carbocycles. The Morgan fingerprint density at radius 3 is 2.61 bits per heavy atom. The zero-order valence-electron chi connectivity index (χ0n) is 10.4. The summed E-state index contributed by atoms with van der Waals surface area (Å²) >= 11 is 6.36. The topological polar surface area (TPSA) is 19.4 Å². The van der Waals surface area contributed by atoms with Crippen LogP contribution in [-0.4, -0.2) is 43.1 Å². The Bertz CT molecular complexity index is 562. The maximum atomic E-state index is 6.36. The van der Waals surface area contributed by atoms with Crippen LogP contribution in [0, 0.1) is 0 Å². The van der Waals surface area contributed by atoms with Crippen molar-refractivity contribution in [3.8, 4) is 0 Å². The molecular formula is C14H16ClN3. The van der Waals surface area contributed by atoms with Gasteiger partial charge in [0.05, 0.1) is 10.5 Å². The molecule has 1 aromatic heterocycles. The van der Waals surface area contributed by atoms with E-state index in [1.807, 2.05) is 30.3 Å². The van der Waals surface area contributed by atoms with Gasteiger partial charge in [-0.25, -0.2) is 4.98 Å². The van der Waals surface area contributed by atoms with E-state index in [0.29, 0.717) is 0 Å². The molecule has 0 radical (unpaired) electrons. The second-order valence-electron chi connectivity index (χ2n) is 4.78. The second kappa shape index (κ2) is 4.75. The van der Waals surface area contributed by atoms with Gasteiger partial charge < -0.3 is 9.80 Å². The molecule has 1 saturated heterocycles. The summed E-state index contributed by atoms with van der Waals surface area (Å²) in [5.74, 6) is 0.920. The van der Waals surface area contributed by atoms with Crippen LogP contribution in [0.15, 0.2) is 30.3 Å². The van der Waals surface area contributed by atoms with Crippen molar-refractivity contribution in [3.63, 3.8) is 0 Å². The van der Waals surface area contributed by atoms with E-state index in [1.165, 1.54) is 0 Å². The van der Waals surface area contributed by atoms with Gasteiger partial charge in [-0.15, -0.1) is 0 Å². The third-order valence-corrected chi connectivity index (χ3v) is 3.74. The Balaban J connectivity index is 1.98. The molecule has 1 fully saturated rings. The Morgan fingerprint density at radius 2 is 1.83 bits per heavy atom. The quantitative estimate of drug-likeness (QED) is 0.787. The maximum absolute atomic E-state index is 6.36. The first-order chi connectivity index (χ1) is 8.74. The molecule has 0 spiro atoms. The first-order valence-corrected chi connectivity index (χ1v) is 6.60. The minimum Gasteiger partial charge on any atom is -0.353 e. The van der Waals surface area contributed by atoms with Gasteiger partial charge >= 0.3 is 0 Å². The van der Waals surface area contributed by atoms with E-state index in [-0.39, 0.29) is 0 Å². The average molecular weight is 262 g/mol. The van der Waals surface area contributed by atoms with Crippen molar-refractivity contribution in [2.45, 2.75) is 0 Å². The SMILES string of the molecule is CN1CCN(c2nc3ccccc3cc2Cl)CC1. The van der Waals surface area contributed by atoms with Crippen molar-refractivity contribution in [1.29, 1.82) is 0 Å². The number of aromatic nitrogens is 1. The number of halogens is 1. The first kappa shape index (κ1) is 11.8. The van der Waals surface area contributed by atoms with Crippen molar-refractivity contribution >= 4 is 28.3 Å². The van der Waals surface area contributed by atoms with E-state index >= 15 is 0 Å². The van der Waals surface area contributed by atoms with Gasteiger partial charge in [0.15, 0.2) is 0 Å².